The van der Waals surface area contributed by atoms with Gasteiger partial charge in [-0.3, -0.25) is 4.79 Å². The lowest BCUT2D eigenvalue weighted by Gasteiger charge is -2.28. The first kappa shape index (κ1) is 15.8. The Morgan fingerprint density at radius 3 is 2.37 bits per heavy atom. The lowest BCUT2D eigenvalue weighted by molar-refractivity contribution is -0.120. The van der Waals surface area contributed by atoms with Gasteiger partial charge in [0, 0.05) is 18.3 Å². The van der Waals surface area contributed by atoms with E-state index in [1.54, 1.807) is 12.1 Å². The van der Waals surface area contributed by atoms with Gasteiger partial charge in [-0.2, -0.15) is 0 Å². The third-order valence-corrected chi connectivity index (χ3v) is 5.36. The number of sulfone groups is 1. The molecule has 0 saturated carbocycles. The highest BCUT2D eigenvalue weighted by molar-refractivity contribution is 7.92. The molecule has 0 bridgehead atoms. The van der Waals surface area contributed by atoms with E-state index in [0.29, 0.717) is 16.4 Å². The van der Waals surface area contributed by atoms with Crippen LogP contribution in [0.1, 0.15) is 13.8 Å². The fourth-order valence-electron chi connectivity index (χ4n) is 1.48. The molecule has 0 spiro atoms. The van der Waals surface area contributed by atoms with Crippen LogP contribution in [0, 0.1) is 0 Å². The standard InChI is InChI=1S/C12H17ClN2O3S/c1-12(2,19(4,17)18)11(16)15(3)10-7-8(13)5-6-9(10)14/h5-7H,14H2,1-4H3. The minimum absolute atomic E-state index is 0.351. The van der Waals surface area contributed by atoms with E-state index in [0.717, 1.165) is 6.26 Å². The van der Waals surface area contributed by atoms with Crippen molar-refractivity contribution in [2.75, 3.05) is 23.9 Å². The smallest absolute Gasteiger partial charge is 0.247 e. The van der Waals surface area contributed by atoms with Crippen molar-refractivity contribution >= 4 is 38.7 Å². The summed E-state index contributed by atoms with van der Waals surface area (Å²) < 4.78 is 21.8. The molecule has 1 aromatic carbocycles. The van der Waals surface area contributed by atoms with Crippen LogP contribution < -0.4 is 10.6 Å². The first-order valence-corrected chi connectivity index (χ1v) is 7.78. The highest BCUT2D eigenvalue weighted by Crippen LogP contribution is 2.29. The third-order valence-electron chi connectivity index (χ3n) is 3.10. The molecular formula is C12H17ClN2O3S. The molecular weight excluding hydrogens is 288 g/mol. The van der Waals surface area contributed by atoms with Gasteiger partial charge >= 0.3 is 0 Å². The second kappa shape index (κ2) is 5.02. The summed E-state index contributed by atoms with van der Waals surface area (Å²) in [5.74, 6) is -0.566. The molecule has 0 atom stereocenters. The van der Waals surface area contributed by atoms with Crippen molar-refractivity contribution in [3.63, 3.8) is 0 Å². The summed E-state index contributed by atoms with van der Waals surface area (Å²) in [7, 11) is -2.07. The zero-order valence-electron chi connectivity index (χ0n) is 11.3. The summed E-state index contributed by atoms with van der Waals surface area (Å²) in [5.41, 5.74) is 6.51. The molecule has 0 aliphatic carbocycles. The number of anilines is 2. The van der Waals surface area contributed by atoms with Gasteiger partial charge in [0.1, 0.15) is 4.75 Å². The monoisotopic (exact) mass is 304 g/mol. The molecule has 19 heavy (non-hydrogen) atoms. The number of nitrogen functional groups attached to an aromatic ring is 1. The minimum atomic E-state index is -3.54. The summed E-state index contributed by atoms with van der Waals surface area (Å²) in [6, 6.07) is 4.68. The van der Waals surface area contributed by atoms with Crippen LogP contribution in [0.2, 0.25) is 5.02 Å². The Balaban J connectivity index is 3.24. The Labute approximate surface area is 118 Å². The van der Waals surface area contributed by atoms with Gasteiger partial charge in [0.25, 0.3) is 0 Å². The number of hydrogen-bond donors (Lipinski definition) is 1. The van der Waals surface area contributed by atoms with Crippen molar-refractivity contribution in [3.8, 4) is 0 Å². The van der Waals surface area contributed by atoms with E-state index in [1.807, 2.05) is 0 Å². The van der Waals surface area contributed by atoms with E-state index in [-0.39, 0.29) is 0 Å². The Kier molecular flexibility index (Phi) is 4.17. The van der Waals surface area contributed by atoms with E-state index in [2.05, 4.69) is 0 Å². The van der Waals surface area contributed by atoms with Crippen molar-refractivity contribution in [3.05, 3.63) is 23.2 Å². The molecule has 0 unspecified atom stereocenters. The summed E-state index contributed by atoms with van der Waals surface area (Å²) in [4.78, 5) is 13.5. The molecule has 1 aromatic rings. The predicted octanol–water partition coefficient (Wildman–Crippen LogP) is 1.71. The molecule has 1 rings (SSSR count). The normalized spacial score (nSPS) is 12.3. The number of rotatable bonds is 3. The Hall–Kier alpha value is -1.27. The molecule has 0 saturated heterocycles. The molecule has 1 amide bonds. The molecule has 0 aliphatic heterocycles. The fourth-order valence-corrected chi connectivity index (χ4v) is 2.10. The molecule has 0 fully saturated rings. The van der Waals surface area contributed by atoms with Crippen molar-refractivity contribution in [2.45, 2.75) is 18.6 Å². The number of carbonyl (C=O) groups excluding carboxylic acids is 1. The number of carbonyl (C=O) groups is 1. The molecule has 0 heterocycles. The average molecular weight is 305 g/mol. The van der Waals surface area contributed by atoms with Gasteiger partial charge in [0.15, 0.2) is 9.84 Å². The average Bonchev–Trinajstić information content (AvgIpc) is 2.28. The van der Waals surface area contributed by atoms with Crippen LogP contribution in [-0.4, -0.2) is 32.4 Å². The summed E-state index contributed by atoms with van der Waals surface area (Å²) in [6.07, 6.45) is 1.03. The lowest BCUT2D eigenvalue weighted by atomic mass is 10.1. The number of nitrogens with zero attached hydrogens (tertiary/aromatic N) is 1. The van der Waals surface area contributed by atoms with E-state index >= 15 is 0 Å². The van der Waals surface area contributed by atoms with Crippen LogP contribution in [0.3, 0.4) is 0 Å². The van der Waals surface area contributed by atoms with Crippen molar-refractivity contribution < 1.29 is 13.2 Å². The SMILES string of the molecule is CN(C(=O)C(C)(C)S(C)(=O)=O)c1cc(Cl)ccc1N. The zero-order chi connectivity index (χ0) is 15.0. The maximum atomic E-state index is 12.3. The fraction of sp³-hybridized carbons (Fsp3) is 0.417. The molecule has 0 aromatic heterocycles. The van der Waals surface area contributed by atoms with E-state index < -0.39 is 20.5 Å². The van der Waals surface area contributed by atoms with Crippen LogP contribution in [0.25, 0.3) is 0 Å². The zero-order valence-corrected chi connectivity index (χ0v) is 12.8. The maximum absolute atomic E-state index is 12.3. The molecule has 5 nitrogen and oxygen atoms in total. The van der Waals surface area contributed by atoms with E-state index in [9.17, 15) is 13.2 Å². The molecule has 0 radical (unpaired) electrons. The van der Waals surface area contributed by atoms with Gasteiger partial charge in [-0.15, -0.1) is 0 Å². The van der Waals surface area contributed by atoms with Gasteiger partial charge in [-0.25, -0.2) is 8.42 Å². The summed E-state index contributed by atoms with van der Waals surface area (Å²) in [5, 5.41) is 0.418. The van der Waals surface area contributed by atoms with Crippen LogP contribution in [0.15, 0.2) is 18.2 Å². The lowest BCUT2D eigenvalue weighted by Crippen LogP contribution is -2.48. The molecule has 7 heteroatoms. The first-order valence-electron chi connectivity index (χ1n) is 5.51. The van der Waals surface area contributed by atoms with Gasteiger partial charge < -0.3 is 10.6 Å². The van der Waals surface area contributed by atoms with Crippen LogP contribution in [-0.2, 0) is 14.6 Å². The summed E-state index contributed by atoms with van der Waals surface area (Å²) in [6.45, 7) is 2.73. The molecule has 106 valence electrons. The van der Waals surface area contributed by atoms with Crippen LogP contribution in [0.4, 0.5) is 11.4 Å². The Bertz CT molecular complexity index is 611. The minimum Gasteiger partial charge on any atom is -0.397 e. The van der Waals surface area contributed by atoms with Crippen molar-refractivity contribution in [1.29, 1.82) is 0 Å². The Morgan fingerprint density at radius 1 is 1.37 bits per heavy atom. The number of halogens is 1. The van der Waals surface area contributed by atoms with Crippen LogP contribution >= 0.6 is 11.6 Å². The van der Waals surface area contributed by atoms with Crippen molar-refractivity contribution in [1.82, 2.24) is 0 Å². The summed E-state index contributed by atoms with van der Waals surface area (Å²) >= 11 is 5.86. The third kappa shape index (κ3) is 3.01. The predicted molar refractivity (Wildman–Crippen MR) is 78.2 cm³/mol. The van der Waals surface area contributed by atoms with Gasteiger partial charge in [0.2, 0.25) is 5.91 Å². The maximum Gasteiger partial charge on any atom is 0.247 e. The van der Waals surface area contributed by atoms with Crippen molar-refractivity contribution in [2.24, 2.45) is 0 Å². The second-order valence-corrected chi connectivity index (χ2v) is 7.85. The quantitative estimate of drug-likeness (QED) is 0.862. The van der Waals surface area contributed by atoms with Gasteiger partial charge in [0.05, 0.1) is 11.4 Å². The molecule has 2 N–H and O–H groups in total. The highest BCUT2D eigenvalue weighted by atomic mass is 35.5. The number of benzene rings is 1. The first-order chi connectivity index (χ1) is 8.48. The number of hydrogen-bond acceptors (Lipinski definition) is 4. The van der Waals surface area contributed by atoms with E-state index in [4.69, 9.17) is 17.3 Å². The second-order valence-electron chi connectivity index (χ2n) is 4.85. The molecule has 0 aliphatic rings. The largest absolute Gasteiger partial charge is 0.397 e. The van der Waals surface area contributed by atoms with E-state index in [1.165, 1.54) is 31.9 Å². The van der Waals surface area contributed by atoms with Gasteiger partial charge in [-0.1, -0.05) is 11.6 Å². The number of nitrogens with two attached hydrogens (primary N) is 1. The van der Waals surface area contributed by atoms with Gasteiger partial charge in [-0.05, 0) is 32.0 Å². The van der Waals surface area contributed by atoms with Crippen LogP contribution in [0.5, 0.6) is 0 Å². The number of amides is 1. The topological polar surface area (TPSA) is 80.5 Å². The highest BCUT2D eigenvalue weighted by Gasteiger charge is 2.41. The Morgan fingerprint density at radius 2 is 1.89 bits per heavy atom.